The van der Waals surface area contributed by atoms with Crippen LogP contribution < -0.4 is 0 Å². The summed E-state index contributed by atoms with van der Waals surface area (Å²) in [6, 6.07) is 0. The third kappa shape index (κ3) is 4.14. The van der Waals surface area contributed by atoms with Crippen LogP contribution in [0.15, 0.2) is 0 Å². The molecule has 0 spiro atoms. The second kappa shape index (κ2) is 7.34. The first kappa shape index (κ1) is 17.1. The highest BCUT2D eigenvalue weighted by molar-refractivity contribution is 5.71. The highest BCUT2D eigenvalue weighted by Gasteiger charge is 2.35. The van der Waals surface area contributed by atoms with E-state index in [9.17, 15) is 9.59 Å². The maximum atomic E-state index is 12.4. The number of hydrogen-bond acceptors (Lipinski definition) is 3. The Morgan fingerprint density at radius 1 is 1.14 bits per heavy atom. The van der Waals surface area contributed by atoms with Crippen molar-refractivity contribution in [1.29, 1.82) is 0 Å². The predicted molar refractivity (Wildman–Crippen MR) is 83.5 cm³/mol. The molecular weight excluding hydrogens is 282 g/mol. The summed E-state index contributed by atoms with van der Waals surface area (Å²) in [6.45, 7) is 7.59. The van der Waals surface area contributed by atoms with E-state index in [4.69, 9.17) is 9.84 Å². The van der Waals surface area contributed by atoms with Gasteiger partial charge in [0.05, 0.1) is 5.92 Å². The number of hydrogen-bond donors (Lipinski definition) is 1. The van der Waals surface area contributed by atoms with Gasteiger partial charge in [-0.3, -0.25) is 4.79 Å². The number of aliphatic carboxylic acids is 1. The molecular formula is C17H29NO4. The van der Waals surface area contributed by atoms with Gasteiger partial charge in [-0.05, 0) is 43.4 Å². The van der Waals surface area contributed by atoms with Crippen LogP contribution in [0.25, 0.3) is 0 Å². The zero-order valence-electron chi connectivity index (χ0n) is 14.0. The number of carbonyl (C=O) groups excluding carboxylic acids is 1. The minimum Gasteiger partial charge on any atom is -0.481 e. The largest absolute Gasteiger partial charge is 0.481 e. The molecule has 1 N–H and O–H groups in total. The first-order valence-electron chi connectivity index (χ1n) is 8.56. The smallest absolute Gasteiger partial charge is 0.410 e. The molecule has 2 aliphatic rings. The van der Waals surface area contributed by atoms with Crippen molar-refractivity contribution in [2.45, 2.75) is 59.0 Å². The maximum Gasteiger partial charge on any atom is 0.410 e. The molecule has 1 aliphatic heterocycles. The Bertz CT molecular complexity index is 401. The van der Waals surface area contributed by atoms with Gasteiger partial charge in [-0.2, -0.15) is 0 Å². The van der Waals surface area contributed by atoms with Crippen LogP contribution in [-0.2, 0) is 9.53 Å². The minimum atomic E-state index is -0.756. The average Bonchev–Trinajstić information content (AvgIpc) is 2.47. The minimum absolute atomic E-state index is 0.00782. The van der Waals surface area contributed by atoms with Crippen LogP contribution in [0, 0.1) is 23.7 Å². The summed E-state index contributed by atoms with van der Waals surface area (Å²) in [7, 11) is 0. The molecule has 0 aromatic rings. The highest BCUT2D eigenvalue weighted by atomic mass is 16.6. The van der Waals surface area contributed by atoms with Crippen molar-refractivity contribution in [2.75, 3.05) is 13.1 Å². The van der Waals surface area contributed by atoms with Crippen LogP contribution in [0.2, 0.25) is 0 Å². The van der Waals surface area contributed by atoms with Crippen molar-refractivity contribution >= 4 is 12.1 Å². The lowest BCUT2D eigenvalue weighted by molar-refractivity contribution is -0.143. The number of likely N-dealkylation sites (tertiary alicyclic amines) is 1. The van der Waals surface area contributed by atoms with E-state index in [1.807, 2.05) is 0 Å². The van der Waals surface area contributed by atoms with Gasteiger partial charge in [0.1, 0.15) is 6.10 Å². The predicted octanol–water partition coefficient (Wildman–Crippen LogP) is 3.38. The number of ether oxygens (including phenoxy) is 1. The summed E-state index contributed by atoms with van der Waals surface area (Å²) < 4.78 is 5.81. The maximum absolute atomic E-state index is 12.4. The normalized spacial score (nSPS) is 30.4. The molecule has 0 aromatic heterocycles. The van der Waals surface area contributed by atoms with Crippen LogP contribution >= 0.6 is 0 Å². The third-order valence-electron chi connectivity index (χ3n) is 5.32. The Kier molecular flexibility index (Phi) is 5.70. The molecule has 22 heavy (non-hydrogen) atoms. The standard InChI is InChI=1S/C17H29NO4/c1-11(2)14-5-4-12(3)10-15(14)22-17(21)18-8-6-13(7-9-18)16(19)20/h11-15H,4-10H2,1-3H3,(H,19,20)/t12-,14+,15-/m0/s1. The molecule has 5 heteroatoms. The Morgan fingerprint density at radius 3 is 2.32 bits per heavy atom. The first-order chi connectivity index (χ1) is 10.4. The number of rotatable bonds is 3. The average molecular weight is 311 g/mol. The third-order valence-corrected chi connectivity index (χ3v) is 5.32. The Hall–Kier alpha value is -1.26. The highest BCUT2D eigenvalue weighted by Crippen LogP contribution is 2.35. The van der Waals surface area contributed by atoms with Crippen molar-refractivity contribution in [2.24, 2.45) is 23.7 Å². The van der Waals surface area contributed by atoms with Gasteiger partial charge in [0.15, 0.2) is 0 Å². The second-order valence-electron chi connectivity index (χ2n) is 7.35. The summed E-state index contributed by atoms with van der Waals surface area (Å²) in [4.78, 5) is 25.0. The van der Waals surface area contributed by atoms with Gasteiger partial charge in [-0.1, -0.05) is 27.2 Å². The van der Waals surface area contributed by atoms with E-state index in [0.29, 0.717) is 43.7 Å². The Labute approximate surface area is 133 Å². The molecule has 1 saturated carbocycles. The molecule has 1 heterocycles. The number of carboxylic acid groups (broad SMARTS) is 1. The van der Waals surface area contributed by atoms with E-state index in [2.05, 4.69) is 20.8 Å². The fourth-order valence-electron chi connectivity index (χ4n) is 3.76. The molecule has 2 rings (SSSR count). The summed E-state index contributed by atoms with van der Waals surface area (Å²) >= 11 is 0. The summed E-state index contributed by atoms with van der Waals surface area (Å²) in [5, 5.41) is 9.01. The monoisotopic (exact) mass is 311 g/mol. The SMILES string of the molecule is CC(C)[C@H]1CC[C@H](C)C[C@@H]1OC(=O)N1CCC(C(=O)O)CC1. The molecule has 2 fully saturated rings. The van der Waals surface area contributed by atoms with E-state index >= 15 is 0 Å². The molecule has 1 aliphatic carbocycles. The molecule has 0 aromatic carbocycles. The molecule has 5 nitrogen and oxygen atoms in total. The van der Waals surface area contributed by atoms with Gasteiger partial charge in [-0.25, -0.2) is 4.79 Å². The van der Waals surface area contributed by atoms with Crippen molar-refractivity contribution in [1.82, 2.24) is 4.90 Å². The number of nitrogens with zero attached hydrogens (tertiary/aromatic N) is 1. The molecule has 0 radical (unpaired) electrons. The molecule has 126 valence electrons. The van der Waals surface area contributed by atoms with Crippen molar-refractivity contribution < 1.29 is 19.4 Å². The molecule has 1 saturated heterocycles. The van der Waals surface area contributed by atoms with Gasteiger partial charge >= 0.3 is 12.1 Å². The molecule has 0 bridgehead atoms. The van der Waals surface area contributed by atoms with Crippen LogP contribution in [0.1, 0.15) is 52.9 Å². The van der Waals surface area contributed by atoms with E-state index in [1.54, 1.807) is 4.90 Å². The van der Waals surface area contributed by atoms with E-state index in [-0.39, 0.29) is 18.1 Å². The lowest BCUT2D eigenvalue weighted by atomic mass is 9.75. The van der Waals surface area contributed by atoms with Gasteiger partial charge in [-0.15, -0.1) is 0 Å². The fraction of sp³-hybridized carbons (Fsp3) is 0.882. The topological polar surface area (TPSA) is 66.8 Å². The second-order valence-corrected chi connectivity index (χ2v) is 7.35. The quantitative estimate of drug-likeness (QED) is 0.867. The van der Waals surface area contributed by atoms with E-state index in [0.717, 1.165) is 12.8 Å². The number of carbonyl (C=O) groups is 2. The Morgan fingerprint density at radius 2 is 1.77 bits per heavy atom. The van der Waals surface area contributed by atoms with Crippen LogP contribution in [0.4, 0.5) is 4.79 Å². The van der Waals surface area contributed by atoms with Gasteiger partial charge in [0, 0.05) is 13.1 Å². The van der Waals surface area contributed by atoms with E-state index in [1.165, 1.54) is 6.42 Å². The lowest BCUT2D eigenvalue weighted by Crippen LogP contribution is -2.44. The van der Waals surface area contributed by atoms with Gasteiger partial charge < -0.3 is 14.7 Å². The number of amides is 1. The van der Waals surface area contributed by atoms with Crippen LogP contribution in [0.5, 0.6) is 0 Å². The van der Waals surface area contributed by atoms with Crippen LogP contribution in [0.3, 0.4) is 0 Å². The molecule has 0 unspecified atom stereocenters. The molecule has 3 atom stereocenters. The van der Waals surface area contributed by atoms with Crippen molar-refractivity contribution in [3.63, 3.8) is 0 Å². The number of carboxylic acids is 1. The zero-order chi connectivity index (χ0) is 16.3. The fourth-order valence-corrected chi connectivity index (χ4v) is 3.76. The van der Waals surface area contributed by atoms with Gasteiger partial charge in [0.25, 0.3) is 0 Å². The van der Waals surface area contributed by atoms with Crippen molar-refractivity contribution in [3.8, 4) is 0 Å². The summed E-state index contributed by atoms with van der Waals surface area (Å²) in [5.41, 5.74) is 0. The first-order valence-corrected chi connectivity index (χ1v) is 8.56. The zero-order valence-corrected chi connectivity index (χ0v) is 14.0. The van der Waals surface area contributed by atoms with Gasteiger partial charge in [0.2, 0.25) is 0 Å². The Balaban J connectivity index is 1.89. The summed E-state index contributed by atoms with van der Waals surface area (Å²) in [5.74, 6) is 0.487. The van der Waals surface area contributed by atoms with Crippen molar-refractivity contribution in [3.05, 3.63) is 0 Å². The number of piperidine rings is 1. The summed E-state index contributed by atoms with van der Waals surface area (Å²) in [6.07, 6.45) is 4.08. The lowest BCUT2D eigenvalue weighted by Gasteiger charge is -2.38. The van der Waals surface area contributed by atoms with Crippen LogP contribution in [-0.4, -0.2) is 41.3 Å². The van der Waals surface area contributed by atoms with E-state index < -0.39 is 5.97 Å². The molecule has 1 amide bonds.